The van der Waals surface area contributed by atoms with Crippen LogP contribution in [0.25, 0.3) is 11.3 Å². The summed E-state index contributed by atoms with van der Waals surface area (Å²) in [4.78, 5) is 0. The maximum Gasteiger partial charge on any atom is 0.252 e. The van der Waals surface area contributed by atoms with E-state index in [-0.39, 0.29) is 33.9 Å². The minimum absolute atomic E-state index is 0.00288. The third-order valence-electron chi connectivity index (χ3n) is 3.22. The van der Waals surface area contributed by atoms with Crippen LogP contribution in [0.3, 0.4) is 0 Å². The number of nitrogens with one attached hydrogen (secondary N) is 1. The van der Waals surface area contributed by atoms with E-state index in [0.29, 0.717) is 22.3 Å². The van der Waals surface area contributed by atoms with Gasteiger partial charge in [-0.2, -0.15) is 0 Å². The van der Waals surface area contributed by atoms with Crippen molar-refractivity contribution in [2.24, 2.45) is 0 Å². The fourth-order valence-corrected chi connectivity index (χ4v) is 5.16. The summed E-state index contributed by atoms with van der Waals surface area (Å²) < 4.78 is 38.4. The summed E-state index contributed by atoms with van der Waals surface area (Å²) in [5.74, 6) is -0.644. The van der Waals surface area contributed by atoms with Crippen molar-refractivity contribution < 1.29 is 22.4 Å². The van der Waals surface area contributed by atoms with Crippen molar-refractivity contribution in [2.45, 2.75) is 26.1 Å². The highest BCUT2D eigenvalue weighted by Crippen LogP contribution is 2.49. The predicted molar refractivity (Wildman–Crippen MR) is 116 cm³/mol. The smallest absolute Gasteiger partial charge is 0.252 e. The van der Waals surface area contributed by atoms with Gasteiger partial charge in [0.2, 0.25) is 29.8 Å². The summed E-state index contributed by atoms with van der Waals surface area (Å²) >= 11 is 15.3. The van der Waals surface area contributed by atoms with Gasteiger partial charge >= 0.3 is 0 Å². The standard InChI is InChI=1S/C16H20BrCl2NO5SSi/c1-27(2,3)25-15-13(21)14(11-6-5-10(18)9-12(11)19)24-16(15)20-26(22,23)8-4-7-17/h5-6,9,20-21H,4,7-8H2,1-3H3. The molecule has 0 radical (unpaired) electrons. The molecule has 0 amide bonds. The molecule has 2 N–H and O–H groups in total. The van der Waals surface area contributed by atoms with E-state index in [1.807, 2.05) is 19.6 Å². The van der Waals surface area contributed by atoms with E-state index in [1.165, 1.54) is 6.07 Å². The van der Waals surface area contributed by atoms with Gasteiger partial charge in [0.25, 0.3) is 5.88 Å². The Labute approximate surface area is 178 Å². The number of halogens is 3. The molecule has 0 saturated carbocycles. The van der Waals surface area contributed by atoms with Gasteiger partial charge in [0.05, 0.1) is 10.8 Å². The molecule has 2 aromatic rings. The number of aromatic hydroxyl groups is 1. The van der Waals surface area contributed by atoms with Gasteiger partial charge in [-0.05, 0) is 44.3 Å². The minimum Gasteiger partial charge on any atom is -0.538 e. The fraction of sp³-hybridized carbons (Fsp3) is 0.375. The van der Waals surface area contributed by atoms with E-state index in [0.717, 1.165) is 0 Å². The third kappa shape index (κ3) is 6.05. The summed E-state index contributed by atoms with van der Waals surface area (Å²) in [6.07, 6.45) is 0.419. The molecule has 0 aliphatic carbocycles. The normalized spacial score (nSPS) is 12.2. The molecule has 0 spiro atoms. The topological polar surface area (TPSA) is 88.8 Å². The van der Waals surface area contributed by atoms with E-state index in [9.17, 15) is 13.5 Å². The second-order valence-corrected chi connectivity index (χ2v) is 14.6. The predicted octanol–water partition coefficient (Wildman–Crippen LogP) is 5.70. The molecule has 150 valence electrons. The van der Waals surface area contributed by atoms with Crippen molar-refractivity contribution in [3.8, 4) is 22.8 Å². The third-order valence-corrected chi connectivity index (χ3v) is 6.47. The Morgan fingerprint density at radius 2 is 1.96 bits per heavy atom. The molecule has 0 bridgehead atoms. The average Bonchev–Trinajstić information content (AvgIpc) is 2.80. The zero-order chi connectivity index (χ0) is 20.4. The summed E-state index contributed by atoms with van der Waals surface area (Å²) in [6.45, 7) is 5.70. The van der Waals surface area contributed by atoms with Gasteiger partial charge in [-0.3, -0.25) is 0 Å². The summed E-state index contributed by atoms with van der Waals surface area (Å²) in [7, 11) is -5.87. The van der Waals surface area contributed by atoms with Crippen LogP contribution in [0.15, 0.2) is 22.6 Å². The summed E-state index contributed by atoms with van der Waals surface area (Å²) in [5.41, 5.74) is 0.366. The lowest BCUT2D eigenvalue weighted by Crippen LogP contribution is -2.29. The van der Waals surface area contributed by atoms with Crippen LogP contribution in [-0.2, 0) is 10.0 Å². The Bertz CT molecular complexity index is 928. The monoisotopic (exact) mass is 515 g/mol. The molecule has 0 aliphatic heterocycles. The molecule has 0 saturated heterocycles. The zero-order valence-electron chi connectivity index (χ0n) is 15.0. The molecule has 1 aromatic heterocycles. The van der Waals surface area contributed by atoms with Crippen LogP contribution in [0, 0.1) is 0 Å². The van der Waals surface area contributed by atoms with Crippen LogP contribution in [0.1, 0.15) is 6.42 Å². The molecule has 0 aliphatic rings. The van der Waals surface area contributed by atoms with E-state index >= 15 is 0 Å². The van der Waals surface area contributed by atoms with Crippen LogP contribution in [0.5, 0.6) is 11.5 Å². The Kier molecular flexibility index (Phi) is 7.18. The van der Waals surface area contributed by atoms with E-state index < -0.39 is 18.3 Å². The molecule has 0 fully saturated rings. The van der Waals surface area contributed by atoms with E-state index in [1.54, 1.807) is 12.1 Å². The SMILES string of the molecule is C[Si](C)(C)Oc1c(NS(=O)(=O)CCCBr)oc(-c2ccc(Cl)cc2Cl)c1O. The highest BCUT2D eigenvalue weighted by atomic mass is 79.9. The molecule has 1 heterocycles. The van der Waals surface area contributed by atoms with E-state index in [2.05, 4.69) is 20.7 Å². The van der Waals surface area contributed by atoms with Crippen LogP contribution < -0.4 is 9.15 Å². The Hall–Kier alpha value is -0.873. The van der Waals surface area contributed by atoms with Crippen LogP contribution >= 0.6 is 39.1 Å². The quantitative estimate of drug-likeness (QED) is 0.347. The van der Waals surface area contributed by atoms with Gasteiger partial charge in [-0.25, -0.2) is 13.1 Å². The number of alkyl halides is 1. The van der Waals surface area contributed by atoms with Crippen molar-refractivity contribution in [1.82, 2.24) is 0 Å². The molecule has 11 heteroatoms. The van der Waals surface area contributed by atoms with Gasteiger partial charge in [0.15, 0.2) is 5.76 Å². The first-order valence-electron chi connectivity index (χ1n) is 8.00. The largest absolute Gasteiger partial charge is 0.538 e. The molecular formula is C16H20BrCl2NO5SSi. The average molecular weight is 517 g/mol. The Morgan fingerprint density at radius 3 is 2.52 bits per heavy atom. The van der Waals surface area contributed by atoms with Gasteiger partial charge < -0.3 is 13.9 Å². The Morgan fingerprint density at radius 1 is 1.30 bits per heavy atom. The van der Waals surface area contributed by atoms with Crippen LogP contribution in [-0.4, -0.2) is 32.9 Å². The molecular weight excluding hydrogens is 497 g/mol. The maximum absolute atomic E-state index is 12.3. The highest BCUT2D eigenvalue weighted by Gasteiger charge is 2.30. The fourth-order valence-electron chi connectivity index (χ4n) is 2.17. The number of anilines is 1. The molecule has 0 unspecified atom stereocenters. The molecule has 27 heavy (non-hydrogen) atoms. The second-order valence-electron chi connectivity index (χ2n) is 6.74. The van der Waals surface area contributed by atoms with Crippen LogP contribution in [0.4, 0.5) is 5.88 Å². The molecule has 6 nitrogen and oxygen atoms in total. The summed E-state index contributed by atoms with van der Waals surface area (Å²) in [5, 5.41) is 11.9. The highest BCUT2D eigenvalue weighted by molar-refractivity contribution is 9.09. The van der Waals surface area contributed by atoms with Crippen molar-refractivity contribution >= 4 is 63.4 Å². The number of furan rings is 1. The van der Waals surface area contributed by atoms with E-state index in [4.69, 9.17) is 32.0 Å². The minimum atomic E-state index is -3.68. The molecule has 1 aromatic carbocycles. The first kappa shape index (κ1) is 22.4. The number of rotatable bonds is 8. The number of hydrogen-bond acceptors (Lipinski definition) is 5. The van der Waals surface area contributed by atoms with Gasteiger partial charge in [0.1, 0.15) is 0 Å². The lowest BCUT2D eigenvalue weighted by molar-refractivity contribution is 0.440. The maximum atomic E-state index is 12.3. The van der Waals surface area contributed by atoms with Crippen molar-refractivity contribution in [3.05, 3.63) is 28.2 Å². The van der Waals surface area contributed by atoms with Gasteiger partial charge in [-0.15, -0.1) is 0 Å². The first-order chi connectivity index (χ1) is 12.4. The second kappa shape index (κ2) is 8.65. The van der Waals surface area contributed by atoms with Crippen molar-refractivity contribution in [1.29, 1.82) is 0 Å². The van der Waals surface area contributed by atoms with Gasteiger partial charge in [-0.1, -0.05) is 39.1 Å². The van der Waals surface area contributed by atoms with Gasteiger partial charge in [0, 0.05) is 15.9 Å². The lowest BCUT2D eigenvalue weighted by atomic mass is 10.1. The zero-order valence-corrected chi connectivity index (χ0v) is 19.9. The number of hydrogen-bond donors (Lipinski definition) is 2. The molecule has 0 atom stereocenters. The molecule has 2 rings (SSSR count). The van der Waals surface area contributed by atoms with Crippen molar-refractivity contribution in [2.75, 3.05) is 15.8 Å². The lowest BCUT2D eigenvalue weighted by Gasteiger charge is -2.19. The first-order valence-corrected chi connectivity index (χ1v) is 14.9. The summed E-state index contributed by atoms with van der Waals surface area (Å²) in [6, 6.07) is 4.66. The van der Waals surface area contributed by atoms with Crippen LogP contribution in [0.2, 0.25) is 29.7 Å². The Balaban J connectivity index is 2.54. The van der Waals surface area contributed by atoms with Crippen molar-refractivity contribution in [3.63, 3.8) is 0 Å². The number of benzene rings is 1. The number of sulfonamides is 1.